The lowest BCUT2D eigenvalue weighted by Gasteiger charge is -2.08. The van der Waals surface area contributed by atoms with E-state index in [0.717, 1.165) is 11.3 Å². The maximum atomic E-state index is 9.01. The number of anilines is 1. The number of aromatic nitrogens is 1. The summed E-state index contributed by atoms with van der Waals surface area (Å²) in [7, 11) is 0. The Hall–Kier alpha value is -2.85. The summed E-state index contributed by atoms with van der Waals surface area (Å²) in [6, 6.07) is 15.1. The van der Waals surface area contributed by atoms with Gasteiger partial charge in [-0.3, -0.25) is 0 Å². The summed E-state index contributed by atoms with van der Waals surface area (Å²) in [4.78, 5) is 4.31. The van der Waals surface area contributed by atoms with E-state index in [2.05, 4.69) is 22.4 Å². The number of hydrogen-bond acceptors (Lipinski definition) is 4. The summed E-state index contributed by atoms with van der Waals surface area (Å²) in [6.07, 6.45) is 0. The second-order valence-corrected chi connectivity index (χ2v) is 4.12. The third-order valence-electron chi connectivity index (χ3n) is 2.70. The molecule has 2 aromatic rings. The minimum atomic E-state index is 0.527. The number of pyridine rings is 1. The molecule has 19 heavy (non-hydrogen) atoms. The van der Waals surface area contributed by atoms with Crippen LogP contribution in [0, 0.1) is 29.6 Å². The third kappa shape index (κ3) is 3.08. The van der Waals surface area contributed by atoms with E-state index >= 15 is 0 Å². The van der Waals surface area contributed by atoms with Crippen molar-refractivity contribution in [3.8, 4) is 12.1 Å². The first-order valence-electron chi connectivity index (χ1n) is 5.83. The van der Waals surface area contributed by atoms with Crippen LogP contribution in [0.5, 0.6) is 0 Å². The molecule has 0 radical (unpaired) electrons. The molecule has 4 nitrogen and oxygen atoms in total. The van der Waals surface area contributed by atoms with Crippen LogP contribution in [0.3, 0.4) is 0 Å². The van der Waals surface area contributed by atoms with Crippen molar-refractivity contribution in [3.63, 3.8) is 0 Å². The van der Waals surface area contributed by atoms with Crippen LogP contribution in [0.2, 0.25) is 0 Å². The molecule has 2 rings (SSSR count). The Morgan fingerprint density at radius 3 is 2.42 bits per heavy atom. The summed E-state index contributed by atoms with van der Waals surface area (Å²) < 4.78 is 0. The molecule has 1 aromatic heterocycles. The van der Waals surface area contributed by atoms with Crippen molar-refractivity contribution in [1.82, 2.24) is 4.98 Å². The van der Waals surface area contributed by atoms with Crippen LogP contribution < -0.4 is 5.32 Å². The van der Waals surface area contributed by atoms with Crippen LogP contribution in [0.25, 0.3) is 0 Å². The molecule has 0 fully saturated rings. The Morgan fingerprint density at radius 1 is 1.05 bits per heavy atom. The second kappa shape index (κ2) is 5.66. The number of benzene rings is 1. The van der Waals surface area contributed by atoms with Gasteiger partial charge in [-0.25, -0.2) is 4.98 Å². The zero-order chi connectivity index (χ0) is 13.7. The maximum absolute atomic E-state index is 9.01. The summed E-state index contributed by atoms with van der Waals surface area (Å²) in [5, 5.41) is 20.9. The second-order valence-electron chi connectivity index (χ2n) is 4.12. The summed E-state index contributed by atoms with van der Waals surface area (Å²) in [6.45, 7) is 2.45. The zero-order valence-corrected chi connectivity index (χ0v) is 10.5. The lowest BCUT2D eigenvalue weighted by Crippen LogP contribution is -2.04. The molecule has 0 atom stereocenters. The van der Waals surface area contributed by atoms with Gasteiger partial charge in [0.2, 0.25) is 0 Å². The van der Waals surface area contributed by atoms with Crippen LogP contribution in [0.1, 0.15) is 22.4 Å². The first-order valence-corrected chi connectivity index (χ1v) is 5.83. The molecule has 92 valence electrons. The van der Waals surface area contributed by atoms with Crippen LogP contribution in [0.15, 0.2) is 36.4 Å². The SMILES string of the molecule is Cc1ccc(C#N)c(NCc2ccc(C#N)cc2)n1. The highest BCUT2D eigenvalue weighted by Gasteiger charge is 2.03. The lowest BCUT2D eigenvalue weighted by atomic mass is 10.1. The van der Waals surface area contributed by atoms with E-state index in [0.29, 0.717) is 23.5 Å². The Labute approximate surface area is 112 Å². The normalized spacial score (nSPS) is 9.42. The summed E-state index contributed by atoms with van der Waals surface area (Å²) >= 11 is 0. The monoisotopic (exact) mass is 248 g/mol. The molecule has 1 heterocycles. The molecular weight excluding hydrogens is 236 g/mol. The number of nitrogens with one attached hydrogen (secondary N) is 1. The largest absolute Gasteiger partial charge is 0.365 e. The number of aryl methyl sites for hydroxylation is 1. The molecular formula is C15H12N4. The highest BCUT2D eigenvalue weighted by atomic mass is 15.0. The molecule has 1 N–H and O–H groups in total. The van der Waals surface area contributed by atoms with Crippen molar-refractivity contribution in [1.29, 1.82) is 10.5 Å². The molecule has 0 saturated heterocycles. The molecule has 4 heteroatoms. The summed E-state index contributed by atoms with van der Waals surface area (Å²) in [5.74, 6) is 0.590. The predicted octanol–water partition coefficient (Wildman–Crippen LogP) is 2.75. The van der Waals surface area contributed by atoms with Crippen LogP contribution in [0.4, 0.5) is 5.82 Å². The highest BCUT2D eigenvalue weighted by molar-refractivity contribution is 5.52. The van der Waals surface area contributed by atoms with Crippen LogP contribution >= 0.6 is 0 Å². The fraction of sp³-hybridized carbons (Fsp3) is 0.133. The third-order valence-corrected chi connectivity index (χ3v) is 2.70. The quantitative estimate of drug-likeness (QED) is 0.906. The minimum Gasteiger partial charge on any atom is -0.365 e. The van der Waals surface area contributed by atoms with E-state index in [1.807, 2.05) is 25.1 Å². The molecule has 0 saturated carbocycles. The van der Waals surface area contributed by atoms with Crippen molar-refractivity contribution in [2.75, 3.05) is 5.32 Å². The maximum Gasteiger partial charge on any atom is 0.144 e. The smallest absolute Gasteiger partial charge is 0.144 e. The van der Waals surface area contributed by atoms with Crippen molar-refractivity contribution in [2.45, 2.75) is 13.5 Å². The molecule has 0 spiro atoms. The molecule has 1 aromatic carbocycles. The molecule has 0 bridgehead atoms. The molecule has 0 aliphatic rings. The van der Waals surface area contributed by atoms with Gasteiger partial charge in [0.25, 0.3) is 0 Å². The highest BCUT2D eigenvalue weighted by Crippen LogP contribution is 2.13. The fourth-order valence-electron chi connectivity index (χ4n) is 1.66. The van der Waals surface area contributed by atoms with E-state index in [1.165, 1.54) is 0 Å². The Morgan fingerprint density at radius 2 is 1.79 bits per heavy atom. The number of rotatable bonds is 3. The fourth-order valence-corrected chi connectivity index (χ4v) is 1.66. The Kier molecular flexibility index (Phi) is 3.75. The predicted molar refractivity (Wildman–Crippen MR) is 72.2 cm³/mol. The van der Waals surface area contributed by atoms with Gasteiger partial charge in [0, 0.05) is 12.2 Å². The van der Waals surface area contributed by atoms with Gasteiger partial charge in [-0.05, 0) is 36.8 Å². The lowest BCUT2D eigenvalue weighted by molar-refractivity contribution is 1.08. The van der Waals surface area contributed by atoms with E-state index < -0.39 is 0 Å². The van der Waals surface area contributed by atoms with Crippen molar-refractivity contribution in [2.24, 2.45) is 0 Å². The van der Waals surface area contributed by atoms with Crippen molar-refractivity contribution >= 4 is 5.82 Å². The first kappa shape index (κ1) is 12.6. The van der Waals surface area contributed by atoms with Gasteiger partial charge in [0.15, 0.2) is 0 Å². The van der Waals surface area contributed by atoms with Gasteiger partial charge in [-0.15, -0.1) is 0 Å². The van der Waals surface area contributed by atoms with Gasteiger partial charge in [0.1, 0.15) is 11.9 Å². The number of nitriles is 2. The van der Waals surface area contributed by atoms with Gasteiger partial charge >= 0.3 is 0 Å². The Balaban J connectivity index is 2.12. The topological polar surface area (TPSA) is 72.5 Å². The molecule has 0 unspecified atom stereocenters. The van der Waals surface area contributed by atoms with Crippen molar-refractivity contribution < 1.29 is 0 Å². The van der Waals surface area contributed by atoms with E-state index in [9.17, 15) is 0 Å². The van der Waals surface area contributed by atoms with Gasteiger partial charge in [-0.1, -0.05) is 12.1 Å². The molecule has 0 amide bonds. The number of hydrogen-bond donors (Lipinski definition) is 1. The first-order chi connectivity index (χ1) is 9.22. The Bertz CT molecular complexity index is 660. The minimum absolute atomic E-state index is 0.527. The molecule has 0 aliphatic heterocycles. The van der Waals surface area contributed by atoms with Gasteiger partial charge in [0.05, 0.1) is 17.2 Å². The average molecular weight is 248 g/mol. The van der Waals surface area contributed by atoms with E-state index in [-0.39, 0.29) is 0 Å². The van der Waals surface area contributed by atoms with Gasteiger partial charge in [-0.2, -0.15) is 10.5 Å². The van der Waals surface area contributed by atoms with Gasteiger partial charge < -0.3 is 5.32 Å². The molecule has 0 aliphatic carbocycles. The summed E-state index contributed by atoms with van der Waals surface area (Å²) in [5.41, 5.74) is 3.06. The van der Waals surface area contributed by atoms with E-state index in [1.54, 1.807) is 18.2 Å². The van der Waals surface area contributed by atoms with Crippen molar-refractivity contribution in [3.05, 3.63) is 58.8 Å². The number of nitrogens with zero attached hydrogens (tertiary/aromatic N) is 3. The standard InChI is InChI=1S/C15H12N4/c1-11-2-7-14(9-17)15(19-11)18-10-13-5-3-12(8-16)4-6-13/h2-7H,10H2,1H3,(H,18,19). The van der Waals surface area contributed by atoms with E-state index in [4.69, 9.17) is 10.5 Å². The van der Waals surface area contributed by atoms with Crippen LogP contribution in [-0.2, 0) is 6.54 Å². The zero-order valence-electron chi connectivity index (χ0n) is 10.5. The average Bonchev–Trinajstić information content (AvgIpc) is 2.46. The van der Waals surface area contributed by atoms with Crippen LogP contribution in [-0.4, -0.2) is 4.98 Å².